The molecule has 2 heterocycles. The third kappa shape index (κ3) is 6.58. The van der Waals surface area contributed by atoms with Gasteiger partial charge >= 0.3 is 6.18 Å². The van der Waals surface area contributed by atoms with Crippen molar-refractivity contribution in [3.05, 3.63) is 58.2 Å². The third-order valence-corrected chi connectivity index (χ3v) is 7.75. The van der Waals surface area contributed by atoms with Crippen molar-refractivity contribution in [2.24, 2.45) is 5.92 Å². The zero-order chi connectivity index (χ0) is 27.7. The summed E-state index contributed by atoms with van der Waals surface area (Å²) >= 11 is 5.96. The maximum atomic E-state index is 14.8. The summed E-state index contributed by atoms with van der Waals surface area (Å²) in [5, 5.41) is 17.7. The number of alkyl halides is 4. The summed E-state index contributed by atoms with van der Waals surface area (Å²) in [7, 11) is 0. The fourth-order valence-corrected chi connectivity index (χ4v) is 5.16. The number of nitrogens with one attached hydrogen (secondary N) is 2. The highest BCUT2D eigenvalue weighted by Crippen LogP contribution is 2.49. The molecule has 1 aromatic carbocycles. The Morgan fingerprint density at radius 1 is 1.29 bits per heavy atom. The first-order valence-corrected chi connectivity index (χ1v) is 13.1. The molecule has 11 heteroatoms. The lowest BCUT2D eigenvalue weighted by molar-refractivity contribution is -0.186. The number of pyridine rings is 1. The van der Waals surface area contributed by atoms with Crippen molar-refractivity contribution in [3.8, 4) is 5.88 Å². The van der Waals surface area contributed by atoms with Crippen LogP contribution in [-0.2, 0) is 11.2 Å². The van der Waals surface area contributed by atoms with Gasteiger partial charge in [-0.15, -0.1) is 0 Å². The minimum Gasteiger partial charge on any atom is -0.471 e. The Kier molecular flexibility index (Phi) is 8.54. The second kappa shape index (κ2) is 11.4. The molecular weight excluding hydrogens is 526 g/mol. The van der Waals surface area contributed by atoms with Gasteiger partial charge in [-0.1, -0.05) is 30.7 Å². The normalized spacial score (nSPS) is 21.4. The van der Waals surface area contributed by atoms with Crippen LogP contribution in [0.2, 0.25) is 5.02 Å². The van der Waals surface area contributed by atoms with Gasteiger partial charge in [0, 0.05) is 48.3 Å². The van der Waals surface area contributed by atoms with E-state index in [4.69, 9.17) is 16.3 Å². The number of ether oxygens (including phenoxy) is 1. The number of aliphatic hydroxyl groups is 1. The van der Waals surface area contributed by atoms with Gasteiger partial charge in [0.25, 0.3) is 0 Å². The van der Waals surface area contributed by atoms with E-state index in [9.17, 15) is 27.5 Å². The number of aromatic nitrogens is 1. The van der Waals surface area contributed by atoms with Crippen LogP contribution in [0.1, 0.15) is 68.4 Å². The molecule has 1 aromatic heterocycles. The Balaban J connectivity index is 1.52. The van der Waals surface area contributed by atoms with Crippen molar-refractivity contribution >= 4 is 17.5 Å². The average molecular weight is 558 g/mol. The summed E-state index contributed by atoms with van der Waals surface area (Å²) < 4.78 is 60.4. The summed E-state index contributed by atoms with van der Waals surface area (Å²) in [6.45, 7) is 2.24. The number of carbonyl (C=O) groups excluding carboxylic acids is 1. The summed E-state index contributed by atoms with van der Waals surface area (Å²) in [5.74, 6) is -2.23. The molecule has 38 heavy (non-hydrogen) atoms. The lowest BCUT2D eigenvalue weighted by Gasteiger charge is -2.47. The first-order valence-electron chi connectivity index (χ1n) is 12.7. The van der Waals surface area contributed by atoms with Gasteiger partial charge < -0.3 is 20.5 Å². The Bertz CT molecular complexity index is 1130. The lowest BCUT2D eigenvalue weighted by atomic mass is 9.73. The topological polar surface area (TPSA) is 83.5 Å². The largest absolute Gasteiger partial charge is 0.471 e. The van der Waals surface area contributed by atoms with E-state index in [1.807, 2.05) is 12.1 Å². The van der Waals surface area contributed by atoms with E-state index in [2.05, 4.69) is 15.6 Å². The lowest BCUT2D eigenvalue weighted by Crippen LogP contribution is -2.52. The fourth-order valence-electron chi connectivity index (χ4n) is 5.04. The summed E-state index contributed by atoms with van der Waals surface area (Å²) in [6, 6.07) is 7.43. The molecule has 6 nitrogen and oxygen atoms in total. The maximum absolute atomic E-state index is 14.8. The molecule has 1 fully saturated rings. The van der Waals surface area contributed by atoms with Crippen LogP contribution in [0, 0.1) is 5.92 Å². The third-order valence-electron chi connectivity index (χ3n) is 7.50. The molecule has 0 bridgehead atoms. The monoisotopic (exact) mass is 557 g/mol. The van der Waals surface area contributed by atoms with Crippen molar-refractivity contribution in [2.75, 3.05) is 6.54 Å². The van der Waals surface area contributed by atoms with Gasteiger partial charge in [0.15, 0.2) is 0 Å². The summed E-state index contributed by atoms with van der Waals surface area (Å²) in [4.78, 5) is 16.0. The predicted molar refractivity (Wildman–Crippen MR) is 135 cm³/mol. The van der Waals surface area contributed by atoms with Crippen molar-refractivity contribution in [2.45, 2.75) is 82.1 Å². The molecule has 1 spiro atoms. The van der Waals surface area contributed by atoms with Crippen LogP contribution in [0.4, 0.5) is 17.6 Å². The van der Waals surface area contributed by atoms with Crippen LogP contribution in [0.25, 0.3) is 0 Å². The zero-order valence-electron chi connectivity index (χ0n) is 21.2. The van der Waals surface area contributed by atoms with E-state index in [1.165, 1.54) is 13.0 Å². The molecule has 5 atom stereocenters. The highest BCUT2D eigenvalue weighted by molar-refractivity contribution is 6.30. The molecule has 1 aliphatic carbocycles. The van der Waals surface area contributed by atoms with E-state index in [-0.39, 0.29) is 23.9 Å². The van der Waals surface area contributed by atoms with Crippen molar-refractivity contribution < 1.29 is 32.2 Å². The minimum atomic E-state index is -4.69. The first kappa shape index (κ1) is 28.6. The van der Waals surface area contributed by atoms with Crippen molar-refractivity contribution in [1.29, 1.82) is 0 Å². The van der Waals surface area contributed by atoms with Crippen LogP contribution in [0.15, 0.2) is 36.5 Å². The van der Waals surface area contributed by atoms with E-state index in [1.54, 1.807) is 12.1 Å². The number of fused-ring (bicyclic) bond motifs is 1. The molecule has 3 N–H and O–H groups in total. The zero-order valence-corrected chi connectivity index (χ0v) is 22.0. The molecular formula is C27H32ClF4N3O3. The smallest absolute Gasteiger partial charge is 0.394 e. The molecule has 0 saturated heterocycles. The molecule has 1 saturated carbocycles. The first-order chi connectivity index (χ1) is 17.9. The molecule has 1 aliphatic heterocycles. The minimum absolute atomic E-state index is 0.0704. The second-order valence-corrected chi connectivity index (χ2v) is 10.8. The number of aliphatic hydroxyl groups excluding tert-OH is 1. The van der Waals surface area contributed by atoms with E-state index in [0.29, 0.717) is 23.4 Å². The van der Waals surface area contributed by atoms with Gasteiger partial charge in [0.05, 0.1) is 18.1 Å². The quantitative estimate of drug-likeness (QED) is 0.360. The Morgan fingerprint density at radius 2 is 1.97 bits per heavy atom. The van der Waals surface area contributed by atoms with Crippen molar-refractivity contribution in [3.63, 3.8) is 0 Å². The number of hydrogen-bond acceptors (Lipinski definition) is 5. The number of halogens is 5. The Hall–Kier alpha value is -2.43. The molecule has 4 rings (SSSR count). The molecule has 2 unspecified atom stereocenters. The number of hydrogen-bond donors (Lipinski definition) is 3. The molecule has 1 amide bonds. The van der Waals surface area contributed by atoms with Crippen LogP contribution in [0.5, 0.6) is 5.88 Å². The number of benzene rings is 1. The molecule has 208 valence electrons. The number of rotatable bonds is 9. The average Bonchev–Trinajstić information content (AvgIpc) is 2.84. The highest BCUT2D eigenvalue weighted by Gasteiger charge is 2.47. The van der Waals surface area contributed by atoms with Crippen LogP contribution in [0.3, 0.4) is 0 Å². The van der Waals surface area contributed by atoms with Gasteiger partial charge in [-0.05, 0) is 49.4 Å². The molecule has 2 aliphatic rings. The van der Waals surface area contributed by atoms with E-state index >= 15 is 0 Å². The van der Waals surface area contributed by atoms with Gasteiger partial charge in [-0.25, -0.2) is 9.37 Å². The Labute approximate surface area is 224 Å². The van der Waals surface area contributed by atoms with Gasteiger partial charge in [-0.2, -0.15) is 13.2 Å². The highest BCUT2D eigenvalue weighted by atomic mass is 35.5. The van der Waals surface area contributed by atoms with Gasteiger partial charge in [0.2, 0.25) is 11.8 Å². The maximum Gasteiger partial charge on any atom is 0.394 e. The fraction of sp³-hybridized carbons (Fsp3) is 0.556. The van der Waals surface area contributed by atoms with E-state index < -0.39 is 42.1 Å². The van der Waals surface area contributed by atoms with Gasteiger partial charge in [-0.3, -0.25) is 4.79 Å². The number of nitrogens with zero attached hydrogens (tertiary/aromatic N) is 1. The van der Waals surface area contributed by atoms with Gasteiger partial charge in [0.1, 0.15) is 11.8 Å². The standard InChI is InChI=1S/C27H32ClF4N3O3/c1-15(27(30,31)32)24(29)18-11-20-22(12-26(8-3-9-26)38-25(20)34-13-18)33-14-23(37)21(35-16(2)36)10-17-4-6-19(28)7-5-17/h4-7,11,13,15,21-24,33,37H,3,8-10,12,14H2,1-2H3,(H,35,36)/t15?,21-,22-,23-,24?/m0/s1. The van der Waals surface area contributed by atoms with Crippen LogP contribution >= 0.6 is 11.6 Å². The van der Waals surface area contributed by atoms with Crippen LogP contribution in [-0.4, -0.2) is 46.5 Å². The molecule has 2 aromatic rings. The van der Waals surface area contributed by atoms with Crippen molar-refractivity contribution in [1.82, 2.24) is 15.6 Å². The SMILES string of the molecule is CC(=O)N[C@@H](Cc1ccc(Cl)cc1)[C@@H](O)CN[C@H]1CC2(CCC2)Oc2ncc(C(F)C(C)C(F)(F)F)cc21. The summed E-state index contributed by atoms with van der Waals surface area (Å²) in [5.41, 5.74) is 0.711. The number of amides is 1. The molecule has 0 radical (unpaired) electrons. The number of carbonyl (C=O) groups is 1. The summed E-state index contributed by atoms with van der Waals surface area (Å²) in [6.07, 6.45) is -3.40. The Morgan fingerprint density at radius 3 is 2.55 bits per heavy atom. The van der Waals surface area contributed by atoms with Crippen LogP contribution < -0.4 is 15.4 Å². The predicted octanol–water partition coefficient (Wildman–Crippen LogP) is 5.39. The van der Waals surface area contributed by atoms with E-state index in [0.717, 1.165) is 37.9 Å². The second-order valence-electron chi connectivity index (χ2n) is 10.4.